The molecular formula is C19H23ClN2O3S. The number of hydrogen-bond acceptors (Lipinski definition) is 3. The van der Waals surface area contributed by atoms with Crippen molar-refractivity contribution in [1.82, 2.24) is 4.31 Å². The number of aryl methyl sites for hydroxylation is 1. The third-order valence-corrected chi connectivity index (χ3v) is 6.45. The van der Waals surface area contributed by atoms with Crippen molar-refractivity contribution in [1.29, 1.82) is 0 Å². The number of rotatable bonds is 8. The van der Waals surface area contributed by atoms with E-state index in [2.05, 4.69) is 5.32 Å². The van der Waals surface area contributed by atoms with Gasteiger partial charge >= 0.3 is 0 Å². The standard InChI is InChI=1S/C19H23ClN2O3S/c1-3-22(4-2)26(24,25)16-12-9-15(10-13-16)11-14-19(23)21-18-8-6-5-7-17(18)20/h5-10,12-13H,3-4,11,14H2,1-2H3,(H,21,23). The lowest BCUT2D eigenvalue weighted by atomic mass is 10.1. The number of halogens is 1. The van der Waals surface area contributed by atoms with E-state index in [9.17, 15) is 13.2 Å². The minimum absolute atomic E-state index is 0.141. The first-order valence-corrected chi connectivity index (χ1v) is 10.3. The number of anilines is 1. The zero-order valence-electron chi connectivity index (χ0n) is 14.9. The molecule has 0 bridgehead atoms. The monoisotopic (exact) mass is 394 g/mol. The average Bonchev–Trinajstić information content (AvgIpc) is 2.63. The Bertz CT molecular complexity index is 847. The van der Waals surface area contributed by atoms with E-state index >= 15 is 0 Å². The fourth-order valence-electron chi connectivity index (χ4n) is 2.57. The quantitative estimate of drug-likeness (QED) is 0.737. The van der Waals surface area contributed by atoms with Crippen LogP contribution in [-0.4, -0.2) is 31.7 Å². The van der Waals surface area contributed by atoms with E-state index in [-0.39, 0.29) is 17.2 Å². The average molecular weight is 395 g/mol. The summed E-state index contributed by atoms with van der Waals surface area (Å²) in [6.45, 7) is 4.49. The molecule has 0 aromatic heterocycles. The summed E-state index contributed by atoms with van der Waals surface area (Å²) in [5.74, 6) is -0.141. The van der Waals surface area contributed by atoms with Gasteiger partial charge in [0, 0.05) is 19.5 Å². The molecule has 0 aliphatic heterocycles. The topological polar surface area (TPSA) is 66.5 Å². The van der Waals surface area contributed by atoms with Gasteiger partial charge in [-0.2, -0.15) is 4.31 Å². The molecule has 0 fully saturated rings. The molecule has 1 amide bonds. The summed E-state index contributed by atoms with van der Waals surface area (Å²) in [6, 6.07) is 13.7. The lowest BCUT2D eigenvalue weighted by Crippen LogP contribution is -2.30. The van der Waals surface area contributed by atoms with E-state index in [1.807, 2.05) is 13.8 Å². The Morgan fingerprint density at radius 2 is 1.65 bits per heavy atom. The highest BCUT2D eigenvalue weighted by atomic mass is 35.5. The van der Waals surface area contributed by atoms with E-state index in [1.165, 1.54) is 4.31 Å². The predicted octanol–water partition coefficient (Wildman–Crippen LogP) is 3.94. The SMILES string of the molecule is CCN(CC)S(=O)(=O)c1ccc(CCC(=O)Nc2ccccc2Cl)cc1. The lowest BCUT2D eigenvalue weighted by molar-refractivity contribution is -0.116. The second kappa shape index (κ2) is 9.16. The van der Waals surface area contributed by atoms with Crippen molar-refractivity contribution in [2.24, 2.45) is 0 Å². The van der Waals surface area contributed by atoms with Crippen molar-refractivity contribution in [3.05, 3.63) is 59.1 Å². The van der Waals surface area contributed by atoms with Crippen LogP contribution in [-0.2, 0) is 21.2 Å². The maximum Gasteiger partial charge on any atom is 0.243 e. The number of nitrogens with one attached hydrogen (secondary N) is 1. The van der Waals surface area contributed by atoms with Gasteiger partial charge in [0.1, 0.15) is 0 Å². The maximum atomic E-state index is 12.5. The lowest BCUT2D eigenvalue weighted by Gasteiger charge is -2.18. The van der Waals surface area contributed by atoms with E-state index < -0.39 is 10.0 Å². The number of sulfonamides is 1. The Kier molecular flexibility index (Phi) is 7.20. The molecule has 0 heterocycles. The Hall–Kier alpha value is -1.89. The normalized spacial score (nSPS) is 11.5. The van der Waals surface area contributed by atoms with Crippen molar-refractivity contribution in [2.45, 2.75) is 31.6 Å². The van der Waals surface area contributed by atoms with Gasteiger partial charge in [-0.3, -0.25) is 4.79 Å². The molecule has 5 nitrogen and oxygen atoms in total. The van der Waals surface area contributed by atoms with Crippen molar-refractivity contribution in [2.75, 3.05) is 18.4 Å². The maximum absolute atomic E-state index is 12.5. The second-order valence-electron chi connectivity index (χ2n) is 5.76. The van der Waals surface area contributed by atoms with Gasteiger partial charge < -0.3 is 5.32 Å². The molecule has 0 aliphatic carbocycles. The van der Waals surface area contributed by atoms with Gasteiger partial charge in [0.2, 0.25) is 15.9 Å². The van der Waals surface area contributed by atoms with Gasteiger partial charge in [0.05, 0.1) is 15.6 Å². The summed E-state index contributed by atoms with van der Waals surface area (Å²) in [5.41, 5.74) is 1.48. The Balaban J connectivity index is 1.97. The molecule has 0 saturated carbocycles. The second-order valence-corrected chi connectivity index (χ2v) is 8.11. The first-order valence-electron chi connectivity index (χ1n) is 8.52. The summed E-state index contributed by atoms with van der Waals surface area (Å²) >= 11 is 6.02. The number of hydrogen-bond donors (Lipinski definition) is 1. The molecule has 2 aromatic carbocycles. The molecule has 1 N–H and O–H groups in total. The van der Waals surface area contributed by atoms with Crippen molar-refractivity contribution >= 4 is 33.2 Å². The van der Waals surface area contributed by atoms with Crippen LogP contribution in [0.2, 0.25) is 5.02 Å². The van der Waals surface area contributed by atoms with Gasteiger partial charge in [0.15, 0.2) is 0 Å². The number of para-hydroxylation sites is 1. The molecule has 0 unspecified atom stereocenters. The molecule has 0 radical (unpaired) electrons. The van der Waals surface area contributed by atoms with Crippen LogP contribution in [0, 0.1) is 0 Å². The Morgan fingerprint density at radius 3 is 2.23 bits per heavy atom. The summed E-state index contributed by atoms with van der Waals surface area (Å²) in [5, 5.41) is 3.27. The predicted molar refractivity (Wildman–Crippen MR) is 105 cm³/mol. The fourth-order valence-corrected chi connectivity index (χ4v) is 4.21. The first kappa shape index (κ1) is 20.4. The van der Waals surface area contributed by atoms with Crippen LogP contribution < -0.4 is 5.32 Å². The molecule has 140 valence electrons. The molecule has 7 heteroatoms. The van der Waals surface area contributed by atoms with Gasteiger partial charge in [-0.15, -0.1) is 0 Å². The van der Waals surface area contributed by atoms with Crippen LogP contribution in [0.3, 0.4) is 0 Å². The zero-order valence-corrected chi connectivity index (χ0v) is 16.5. The van der Waals surface area contributed by atoms with Crippen LogP contribution in [0.1, 0.15) is 25.8 Å². The minimum atomic E-state index is -3.46. The van der Waals surface area contributed by atoms with Crippen molar-refractivity contribution in [3.8, 4) is 0 Å². The van der Waals surface area contributed by atoms with Crippen LogP contribution >= 0.6 is 11.6 Å². The minimum Gasteiger partial charge on any atom is -0.325 e. The molecular weight excluding hydrogens is 372 g/mol. The smallest absolute Gasteiger partial charge is 0.243 e. The van der Waals surface area contributed by atoms with Crippen LogP contribution in [0.25, 0.3) is 0 Å². The summed E-state index contributed by atoms with van der Waals surface area (Å²) < 4.78 is 26.3. The van der Waals surface area contributed by atoms with Crippen molar-refractivity contribution < 1.29 is 13.2 Å². The van der Waals surface area contributed by atoms with Crippen molar-refractivity contribution in [3.63, 3.8) is 0 Å². The summed E-state index contributed by atoms with van der Waals surface area (Å²) in [6.07, 6.45) is 0.801. The van der Waals surface area contributed by atoms with E-state index in [4.69, 9.17) is 11.6 Å². The molecule has 26 heavy (non-hydrogen) atoms. The number of carbonyl (C=O) groups excluding carboxylic acids is 1. The summed E-state index contributed by atoms with van der Waals surface area (Å²) in [4.78, 5) is 12.3. The van der Waals surface area contributed by atoms with E-state index in [1.54, 1.807) is 48.5 Å². The van der Waals surface area contributed by atoms with Gasteiger partial charge in [-0.1, -0.05) is 49.7 Å². The van der Waals surface area contributed by atoms with Crippen LogP contribution in [0.15, 0.2) is 53.4 Å². The highest BCUT2D eigenvalue weighted by Gasteiger charge is 2.21. The third-order valence-electron chi connectivity index (χ3n) is 4.06. The van der Waals surface area contributed by atoms with Gasteiger partial charge in [-0.05, 0) is 36.2 Å². The van der Waals surface area contributed by atoms with E-state index in [0.717, 1.165) is 5.56 Å². The molecule has 0 spiro atoms. The fraction of sp³-hybridized carbons (Fsp3) is 0.316. The third kappa shape index (κ3) is 5.06. The largest absolute Gasteiger partial charge is 0.325 e. The number of benzene rings is 2. The van der Waals surface area contributed by atoms with Crippen LogP contribution in [0.5, 0.6) is 0 Å². The van der Waals surface area contributed by atoms with Crippen LogP contribution in [0.4, 0.5) is 5.69 Å². The van der Waals surface area contributed by atoms with Gasteiger partial charge in [0.25, 0.3) is 0 Å². The highest BCUT2D eigenvalue weighted by Crippen LogP contribution is 2.21. The number of carbonyl (C=O) groups is 1. The molecule has 0 atom stereocenters. The molecule has 0 aliphatic rings. The molecule has 0 saturated heterocycles. The Labute approximate surface area is 160 Å². The highest BCUT2D eigenvalue weighted by molar-refractivity contribution is 7.89. The first-order chi connectivity index (χ1) is 12.4. The number of nitrogens with zero attached hydrogens (tertiary/aromatic N) is 1. The zero-order chi connectivity index (χ0) is 19.2. The number of amides is 1. The molecule has 2 rings (SSSR count). The summed E-state index contributed by atoms with van der Waals surface area (Å²) in [7, 11) is -3.46. The van der Waals surface area contributed by atoms with E-state index in [0.29, 0.717) is 30.2 Å². The van der Waals surface area contributed by atoms with Gasteiger partial charge in [-0.25, -0.2) is 8.42 Å². The Morgan fingerprint density at radius 1 is 1.04 bits per heavy atom. The molecule has 2 aromatic rings.